The lowest BCUT2D eigenvalue weighted by Crippen LogP contribution is -2.45. The second kappa shape index (κ2) is 22.9. The van der Waals surface area contributed by atoms with Gasteiger partial charge in [0.2, 0.25) is 0 Å². The summed E-state index contributed by atoms with van der Waals surface area (Å²) in [6, 6.07) is 14.8. The van der Waals surface area contributed by atoms with Crippen molar-refractivity contribution >= 4 is 38.3 Å². The molecule has 360 valence electrons. The van der Waals surface area contributed by atoms with Crippen molar-refractivity contribution in [1.29, 1.82) is 0 Å². The number of halogens is 4. The molecule has 5 aromatic rings. The number of carbonyl (C=O) groups is 1. The number of piperidine rings is 1. The van der Waals surface area contributed by atoms with Gasteiger partial charge in [0.15, 0.2) is 0 Å². The van der Waals surface area contributed by atoms with Crippen LogP contribution in [0.5, 0.6) is 11.5 Å². The normalized spacial score (nSPS) is 16.9. The van der Waals surface area contributed by atoms with Gasteiger partial charge in [-0.05, 0) is 80.6 Å². The number of fused-ring (bicyclic) bond motifs is 1. The number of nitrogens with zero attached hydrogens (tertiary/aromatic N) is 5. The maximum Gasteiger partial charge on any atom is 0.423 e. The summed E-state index contributed by atoms with van der Waals surface area (Å²) in [5.41, 5.74) is 1.10. The van der Waals surface area contributed by atoms with Crippen LogP contribution in [-0.2, 0) is 50.2 Å². The first-order valence-corrected chi connectivity index (χ1v) is 23.2. The van der Waals surface area contributed by atoms with Gasteiger partial charge < -0.3 is 33.8 Å². The molecule has 4 heterocycles. The minimum atomic E-state index is -4.89. The molecule has 1 atom stereocenters. The van der Waals surface area contributed by atoms with Gasteiger partial charge in [0.25, 0.3) is 5.69 Å². The van der Waals surface area contributed by atoms with Crippen molar-refractivity contribution in [2.24, 2.45) is 0 Å². The van der Waals surface area contributed by atoms with E-state index in [9.17, 15) is 33.2 Å². The number of hydrogen-bond donors (Lipinski definition) is 2. The van der Waals surface area contributed by atoms with Gasteiger partial charge >= 0.3 is 6.18 Å². The number of benzene rings is 3. The molecule has 0 saturated carbocycles. The predicted molar refractivity (Wildman–Crippen MR) is 246 cm³/mol. The molecule has 0 aliphatic carbocycles. The molecular formula is C48H56BrF3N6O9. The highest BCUT2D eigenvalue weighted by Crippen LogP contribution is 2.41. The molecule has 19 heteroatoms. The molecule has 0 spiro atoms. The van der Waals surface area contributed by atoms with Crippen LogP contribution >= 0.6 is 15.9 Å². The van der Waals surface area contributed by atoms with Gasteiger partial charge in [0.05, 0.1) is 49.2 Å². The van der Waals surface area contributed by atoms with Crippen molar-refractivity contribution in [3.05, 3.63) is 121 Å². The average Bonchev–Trinajstić information content (AvgIpc) is 3.74. The number of nitrogens with one attached hydrogen (secondary N) is 1. The minimum Gasteiger partial charge on any atom is -0.491 e. The number of aromatic nitrogens is 3. The molecule has 7 rings (SSSR count). The van der Waals surface area contributed by atoms with Crippen molar-refractivity contribution in [1.82, 2.24) is 24.8 Å². The van der Waals surface area contributed by atoms with Crippen molar-refractivity contribution in [2.75, 3.05) is 79.0 Å². The van der Waals surface area contributed by atoms with E-state index in [4.69, 9.17) is 23.7 Å². The lowest BCUT2D eigenvalue weighted by molar-refractivity contribution is -0.387. The lowest BCUT2D eigenvalue weighted by Gasteiger charge is -2.37. The third-order valence-electron chi connectivity index (χ3n) is 12.0. The first-order valence-electron chi connectivity index (χ1n) is 22.4. The largest absolute Gasteiger partial charge is 0.491 e. The van der Waals surface area contributed by atoms with Crippen LogP contribution in [0, 0.1) is 24.0 Å². The van der Waals surface area contributed by atoms with Crippen molar-refractivity contribution in [3.63, 3.8) is 0 Å². The number of Topliss-reactive ketones (excluding diaryl/α,β-unsaturated/α-hetero) is 1. The fourth-order valence-corrected chi connectivity index (χ4v) is 8.64. The van der Waals surface area contributed by atoms with Crippen LogP contribution in [-0.4, -0.2) is 126 Å². The first kappa shape index (κ1) is 49.9. The quantitative estimate of drug-likeness (QED) is 0.0393. The van der Waals surface area contributed by atoms with Crippen LogP contribution in [0.4, 0.5) is 18.9 Å². The highest BCUT2D eigenvalue weighted by molar-refractivity contribution is 9.10. The fraction of sp³-hybridized carbons (Fsp3) is 0.479. The van der Waals surface area contributed by atoms with E-state index in [1.165, 1.54) is 6.07 Å². The van der Waals surface area contributed by atoms with Crippen LogP contribution < -0.4 is 9.47 Å². The summed E-state index contributed by atoms with van der Waals surface area (Å²) in [7, 11) is 0. The number of aryl methyl sites for hydroxylation is 2. The number of aromatic amines is 1. The van der Waals surface area contributed by atoms with E-state index in [0.717, 1.165) is 65.0 Å². The first-order chi connectivity index (χ1) is 32.1. The number of hydrogen-bond acceptors (Lipinski definition) is 13. The molecule has 2 aliphatic heterocycles. The van der Waals surface area contributed by atoms with Crippen LogP contribution in [0.1, 0.15) is 58.6 Å². The summed E-state index contributed by atoms with van der Waals surface area (Å²) in [4.78, 5) is 39.2. The van der Waals surface area contributed by atoms with Crippen molar-refractivity contribution < 1.29 is 51.7 Å². The average molecular weight is 998 g/mol. The number of nitro groups is 1. The number of likely N-dealkylation sites (tertiary alicyclic amines) is 1. The van der Waals surface area contributed by atoms with Crippen LogP contribution in [0.2, 0.25) is 0 Å². The van der Waals surface area contributed by atoms with E-state index in [1.807, 2.05) is 50.2 Å². The highest BCUT2D eigenvalue weighted by atomic mass is 79.9. The number of morpholine rings is 1. The molecule has 2 aliphatic rings. The summed E-state index contributed by atoms with van der Waals surface area (Å²) in [6.45, 7) is 11.3. The van der Waals surface area contributed by atoms with Crippen LogP contribution in [0.25, 0.3) is 10.9 Å². The molecule has 0 amide bonds. The van der Waals surface area contributed by atoms with Gasteiger partial charge in [-0.1, -0.05) is 28.1 Å². The molecular weight excluding hydrogens is 941 g/mol. The number of rotatable bonds is 22. The molecule has 0 unspecified atom stereocenters. The zero-order valence-corrected chi connectivity index (χ0v) is 39.2. The Balaban J connectivity index is 0.734. The van der Waals surface area contributed by atoms with Gasteiger partial charge in [-0.15, -0.1) is 0 Å². The topological polar surface area (TPSA) is 175 Å². The number of ketones is 1. The molecule has 2 fully saturated rings. The minimum absolute atomic E-state index is 0.0305. The molecule has 67 heavy (non-hydrogen) atoms. The zero-order valence-electron chi connectivity index (χ0n) is 37.6. The van der Waals surface area contributed by atoms with Crippen LogP contribution in [0.15, 0.2) is 71.5 Å². The van der Waals surface area contributed by atoms with Gasteiger partial charge in [-0.2, -0.15) is 13.2 Å². The lowest BCUT2D eigenvalue weighted by atomic mass is 9.88. The van der Waals surface area contributed by atoms with E-state index in [2.05, 4.69) is 40.7 Å². The van der Waals surface area contributed by atoms with Gasteiger partial charge in [-0.25, -0.2) is 0 Å². The Kier molecular flexibility index (Phi) is 17.0. The van der Waals surface area contributed by atoms with E-state index in [0.29, 0.717) is 102 Å². The molecule has 2 N–H and O–H groups in total. The Morgan fingerprint density at radius 2 is 1.70 bits per heavy atom. The van der Waals surface area contributed by atoms with E-state index in [-0.39, 0.29) is 35.6 Å². The van der Waals surface area contributed by atoms with E-state index < -0.39 is 28.0 Å². The maximum absolute atomic E-state index is 13.5. The second-order valence-electron chi connectivity index (χ2n) is 17.1. The zero-order chi connectivity index (χ0) is 47.6. The number of H-pyrrole nitrogens is 1. The van der Waals surface area contributed by atoms with Gasteiger partial charge in [0, 0.05) is 97.4 Å². The molecule has 0 bridgehead atoms. The Morgan fingerprint density at radius 3 is 2.42 bits per heavy atom. The third-order valence-corrected chi connectivity index (χ3v) is 12.8. The standard InChI is InChI=1S/C48H56BrF3N6O9/c1-32-20-45(36(22-42(32)49)21-38(59)25-37-28-53-33(2)27-54-37)67-31-40-30-56(13-15-65-40)10-3-14-63-16-17-64-18-19-66-39-6-4-34(5-7-39)29-57-11-8-47(60,9-12-57)46-24-35-23-44(58(61)62)41(48(50,51)52)26-43(35)55-46/h4-7,20,22-24,26-28,40,55,60H,3,8-19,21,25,29-31H2,1-2H3/t40-/m0/s1. The van der Waals surface area contributed by atoms with E-state index >= 15 is 0 Å². The van der Waals surface area contributed by atoms with Crippen LogP contribution in [0.3, 0.4) is 0 Å². The van der Waals surface area contributed by atoms with E-state index in [1.54, 1.807) is 12.4 Å². The summed E-state index contributed by atoms with van der Waals surface area (Å²) in [5.74, 6) is 1.42. The summed E-state index contributed by atoms with van der Waals surface area (Å²) < 4.78 is 71.1. The van der Waals surface area contributed by atoms with Gasteiger partial charge in [0.1, 0.15) is 47.8 Å². The Bertz CT molecular complexity index is 2450. The molecule has 15 nitrogen and oxygen atoms in total. The number of aliphatic hydroxyl groups is 1. The summed E-state index contributed by atoms with van der Waals surface area (Å²) in [5, 5.41) is 23.0. The Labute approximate surface area is 395 Å². The Hall–Kier alpha value is -5.02. The Morgan fingerprint density at radius 1 is 0.955 bits per heavy atom. The predicted octanol–water partition coefficient (Wildman–Crippen LogP) is 7.68. The second-order valence-corrected chi connectivity index (χ2v) is 18.0. The number of alkyl halides is 3. The molecule has 2 aromatic heterocycles. The van der Waals surface area contributed by atoms with Crippen molar-refractivity contribution in [3.8, 4) is 11.5 Å². The molecule has 0 radical (unpaired) electrons. The SMILES string of the molecule is Cc1cnc(CC(=O)Cc2cc(Br)c(C)cc2OC[C@@H]2CN(CCCOCCOCCOc3ccc(CN4CCC(O)(c5cc6cc([N+](=O)[O-])c(C(F)(F)F)cc6[nH]5)CC4)cc3)CCO2)cn1. The summed E-state index contributed by atoms with van der Waals surface area (Å²) in [6.07, 6.45) is 0.281. The number of ether oxygens (including phenoxy) is 5. The monoisotopic (exact) mass is 996 g/mol. The number of nitro benzene ring substituents is 1. The summed E-state index contributed by atoms with van der Waals surface area (Å²) >= 11 is 3.60. The smallest absolute Gasteiger partial charge is 0.423 e. The maximum atomic E-state index is 13.5. The number of carbonyl (C=O) groups excluding carboxylic acids is 1. The van der Waals surface area contributed by atoms with Gasteiger partial charge in [-0.3, -0.25) is 34.7 Å². The highest BCUT2D eigenvalue weighted by Gasteiger charge is 2.40. The molecule has 2 saturated heterocycles. The molecule has 3 aromatic carbocycles. The van der Waals surface area contributed by atoms with Crippen molar-refractivity contribution in [2.45, 2.75) is 70.4 Å². The third kappa shape index (κ3) is 14.0. The fourth-order valence-electron chi connectivity index (χ4n) is 8.25.